The quantitative estimate of drug-likeness (QED) is 0.321. The van der Waals surface area contributed by atoms with Crippen LogP contribution in [0.3, 0.4) is 0 Å². The number of rotatable bonds is 7. The number of carbonyl (C=O) groups excluding carboxylic acids is 1. The number of esters is 1. The van der Waals surface area contributed by atoms with E-state index in [1.807, 2.05) is 22.8 Å². The molecule has 2 N–H and O–H groups in total. The number of para-hydroxylation sites is 1. The normalized spacial score (nSPS) is 14.0. The van der Waals surface area contributed by atoms with Crippen LogP contribution in [0, 0.1) is 0 Å². The Kier molecular flexibility index (Phi) is 5.51. The number of aromatic amines is 1. The van der Waals surface area contributed by atoms with Crippen LogP contribution >= 0.6 is 0 Å². The molecular formula is C27H27N7O3. The summed E-state index contributed by atoms with van der Waals surface area (Å²) in [5.74, 6) is 0.790. The third-order valence-electron chi connectivity index (χ3n) is 6.49. The largest absolute Gasteiger partial charge is 0.462 e. The molecule has 6 rings (SSSR count). The predicted octanol–water partition coefficient (Wildman–Crippen LogP) is 4.21. The number of carbonyl (C=O) groups is 1. The smallest absolute Gasteiger partial charge is 0.302 e. The first-order valence-electron chi connectivity index (χ1n) is 12.2. The molecule has 1 aromatic carbocycles. The second-order valence-electron chi connectivity index (χ2n) is 9.80. The molecule has 4 aromatic heterocycles. The van der Waals surface area contributed by atoms with E-state index in [2.05, 4.69) is 47.5 Å². The van der Waals surface area contributed by atoms with Crippen molar-refractivity contribution in [2.75, 3.05) is 18.5 Å². The van der Waals surface area contributed by atoms with Gasteiger partial charge in [0.15, 0.2) is 22.8 Å². The van der Waals surface area contributed by atoms with Crippen molar-refractivity contribution in [3.63, 3.8) is 0 Å². The third-order valence-corrected chi connectivity index (χ3v) is 6.49. The molecule has 0 fully saturated rings. The topological polar surface area (TPSA) is 120 Å². The van der Waals surface area contributed by atoms with Crippen LogP contribution in [-0.4, -0.2) is 48.6 Å². The lowest BCUT2D eigenvalue weighted by Crippen LogP contribution is -2.25. The number of anilines is 1. The number of ether oxygens (including phenoxy) is 2. The molecule has 0 bridgehead atoms. The van der Waals surface area contributed by atoms with E-state index in [4.69, 9.17) is 24.4 Å². The molecule has 0 aliphatic carbocycles. The van der Waals surface area contributed by atoms with Gasteiger partial charge in [-0.05, 0) is 38.0 Å². The lowest BCUT2D eigenvalue weighted by molar-refractivity contribution is -0.142. The van der Waals surface area contributed by atoms with E-state index in [0.29, 0.717) is 42.0 Å². The van der Waals surface area contributed by atoms with Gasteiger partial charge in [0.05, 0.1) is 5.54 Å². The van der Waals surface area contributed by atoms with Crippen molar-refractivity contribution in [3.05, 3.63) is 60.0 Å². The number of fused-ring (bicyclic) bond motifs is 4. The van der Waals surface area contributed by atoms with Crippen LogP contribution in [0.15, 0.2) is 48.9 Å². The Morgan fingerprint density at radius 3 is 2.95 bits per heavy atom. The van der Waals surface area contributed by atoms with Gasteiger partial charge in [-0.15, -0.1) is 0 Å². The van der Waals surface area contributed by atoms with E-state index in [9.17, 15) is 4.79 Å². The maximum absolute atomic E-state index is 11.3. The van der Waals surface area contributed by atoms with Crippen LogP contribution in [0.2, 0.25) is 0 Å². The summed E-state index contributed by atoms with van der Waals surface area (Å²) < 4.78 is 13.0. The molecule has 1 aliphatic rings. The van der Waals surface area contributed by atoms with Crippen LogP contribution in [0.4, 0.5) is 5.82 Å². The van der Waals surface area contributed by atoms with E-state index in [1.54, 1.807) is 12.4 Å². The second kappa shape index (κ2) is 8.88. The van der Waals surface area contributed by atoms with Gasteiger partial charge in [0.25, 0.3) is 6.01 Å². The molecule has 37 heavy (non-hydrogen) atoms. The van der Waals surface area contributed by atoms with Crippen LogP contribution in [0.1, 0.15) is 31.9 Å². The second-order valence-corrected chi connectivity index (χ2v) is 9.80. The molecule has 0 saturated heterocycles. The summed E-state index contributed by atoms with van der Waals surface area (Å²) in [5.41, 5.74) is 4.89. The average molecular weight is 498 g/mol. The molecule has 0 atom stereocenters. The molecule has 5 aromatic rings. The summed E-state index contributed by atoms with van der Waals surface area (Å²) in [6, 6.07) is 10.7. The summed E-state index contributed by atoms with van der Waals surface area (Å²) in [6.07, 6.45) is 6.23. The molecule has 5 heterocycles. The van der Waals surface area contributed by atoms with E-state index >= 15 is 0 Å². The summed E-state index contributed by atoms with van der Waals surface area (Å²) >= 11 is 0. The number of hydrogen-bond donors (Lipinski definition) is 2. The Bertz CT molecular complexity index is 1640. The first kappa shape index (κ1) is 23.0. The van der Waals surface area contributed by atoms with Crippen molar-refractivity contribution in [1.82, 2.24) is 29.5 Å². The fraction of sp³-hybridized carbons (Fsp3) is 0.296. The number of pyridine rings is 1. The lowest BCUT2D eigenvalue weighted by Gasteiger charge is -2.18. The van der Waals surface area contributed by atoms with Crippen LogP contribution < -0.4 is 10.1 Å². The number of hydrogen-bond acceptors (Lipinski definition) is 8. The summed E-state index contributed by atoms with van der Waals surface area (Å²) in [5, 5.41) is 4.70. The van der Waals surface area contributed by atoms with Crippen molar-refractivity contribution >= 4 is 33.9 Å². The van der Waals surface area contributed by atoms with Gasteiger partial charge in [0.2, 0.25) is 0 Å². The summed E-state index contributed by atoms with van der Waals surface area (Å²) in [7, 11) is 0. The third kappa shape index (κ3) is 4.24. The van der Waals surface area contributed by atoms with Crippen LogP contribution in [0.25, 0.3) is 33.5 Å². The number of imidazole rings is 1. The first-order valence-corrected chi connectivity index (χ1v) is 12.2. The molecule has 0 spiro atoms. The summed E-state index contributed by atoms with van der Waals surface area (Å²) in [4.78, 5) is 33.4. The van der Waals surface area contributed by atoms with Crippen LogP contribution in [0.5, 0.6) is 6.01 Å². The average Bonchev–Trinajstić information content (AvgIpc) is 3.56. The zero-order valence-corrected chi connectivity index (χ0v) is 20.9. The van der Waals surface area contributed by atoms with Gasteiger partial charge in [-0.1, -0.05) is 18.2 Å². The minimum absolute atomic E-state index is 0.136. The number of nitrogens with zero attached hydrogens (tertiary/aromatic N) is 5. The monoisotopic (exact) mass is 497 g/mol. The highest BCUT2D eigenvalue weighted by molar-refractivity contribution is 5.87. The molecular weight excluding hydrogens is 470 g/mol. The zero-order chi connectivity index (χ0) is 25.6. The Labute approximate surface area is 213 Å². The molecule has 10 heteroatoms. The van der Waals surface area contributed by atoms with Crippen molar-refractivity contribution < 1.29 is 14.3 Å². The van der Waals surface area contributed by atoms with Crippen molar-refractivity contribution in [1.29, 1.82) is 0 Å². The van der Waals surface area contributed by atoms with Gasteiger partial charge in [-0.3, -0.25) is 14.3 Å². The van der Waals surface area contributed by atoms with E-state index in [-0.39, 0.29) is 18.1 Å². The highest BCUT2D eigenvalue weighted by atomic mass is 16.5. The highest BCUT2D eigenvalue weighted by Crippen LogP contribution is 2.37. The van der Waals surface area contributed by atoms with E-state index in [1.165, 1.54) is 17.9 Å². The van der Waals surface area contributed by atoms with Crippen molar-refractivity contribution in [2.24, 2.45) is 0 Å². The van der Waals surface area contributed by atoms with Crippen molar-refractivity contribution in [2.45, 2.75) is 39.3 Å². The number of aromatic nitrogens is 6. The maximum atomic E-state index is 11.3. The van der Waals surface area contributed by atoms with Gasteiger partial charge in [0.1, 0.15) is 13.2 Å². The predicted molar refractivity (Wildman–Crippen MR) is 139 cm³/mol. The molecule has 1 aliphatic heterocycles. The molecule has 10 nitrogen and oxygen atoms in total. The number of benzene rings is 1. The van der Waals surface area contributed by atoms with Gasteiger partial charge in [0, 0.05) is 54.1 Å². The molecule has 0 radical (unpaired) electrons. The Balaban J connectivity index is 1.36. The van der Waals surface area contributed by atoms with Gasteiger partial charge in [-0.25, -0.2) is 9.97 Å². The Hall–Kier alpha value is -4.47. The Morgan fingerprint density at radius 2 is 2.08 bits per heavy atom. The van der Waals surface area contributed by atoms with E-state index in [0.717, 1.165) is 23.1 Å². The highest BCUT2D eigenvalue weighted by Gasteiger charge is 2.36. The number of nitrogens with one attached hydrogen (secondary N) is 2. The fourth-order valence-electron chi connectivity index (χ4n) is 4.67. The van der Waals surface area contributed by atoms with Gasteiger partial charge in [-0.2, -0.15) is 4.98 Å². The Morgan fingerprint density at radius 1 is 1.22 bits per heavy atom. The minimum Gasteiger partial charge on any atom is -0.462 e. The van der Waals surface area contributed by atoms with E-state index < -0.39 is 0 Å². The van der Waals surface area contributed by atoms with Crippen LogP contribution in [-0.2, 0) is 28.1 Å². The zero-order valence-electron chi connectivity index (χ0n) is 20.9. The standard InChI is InChI=1S/C27H27N7O3/c1-16(35)36-14-17-10-19(12-28-11-17)23-32-24(22-25(33-23)34-26(31-22)37-15-27(34,2)3)29-9-8-18-13-30-21-7-5-4-6-20(18)21/h4-7,10-13,30H,8-9,14-15H2,1-3H3,(H,29,32,33). The first-order chi connectivity index (χ1) is 17.9. The number of H-pyrrole nitrogens is 1. The molecule has 0 amide bonds. The lowest BCUT2D eigenvalue weighted by atomic mass is 10.1. The van der Waals surface area contributed by atoms with Gasteiger partial charge >= 0.3 is 5.97 Å². The SMILES string of the molecule is CC(=O)OCc1cncc(-c2nc(NCCc3c[nH]c4ccccc34)c3nc4n(c3n2)C(C)(C)CO4)c1. The minimum atomic E-state index is -0.346. The molecule has 0 unspecified atom stereocenters. The van der Waals surface area contributed by atoms with Crippen molar-refractivity contribution in [3.8, 4) is 17.4 Å². The van der Waals surface area contributed by atoms with Gasteiger partial charge < -0.3 is 19.8 Å². The molecule has 0 saturated carbocycles. The maximum Gasteiger partial charge on any atom is 0.302 e. The fourth-order valence-corrected chi connectivity index (χ4v) is 4.67. The summed E-state index contributed by atoms with van der Waals surface area (Å²) in [6.45, 7) is 6.89. The molecule has 188 valence electrons.